The standard InChI is InChI=1S/C16H25NO3S/c1-10-6-7-17(9-15(10)18)21(19,20)16-13(4)11(2)8-12(3)14(16)5/h8,10,15,18H,6-7,9H2,1-5H3. The van der Waals surface area contributed by atoms with Crippen LogP contribution in [0.15, 0.2) is 11.0 Å². The van der Waals surface area contributed by atoms with E-state index in [-0.39, 0.29) is 12.5 Å². The zero-order valence-corrected chi connectivity index (χ0v) is 14.3. The maximum atomic E-state index is 13.0. The molecule has 21 heavy (non-hydrogen) atoms. The van der Waals surface area contributed by atoms with Crippen molar-refractivity contribution in [2.24, 2.45) is 5.92 Å². The van der Waals surface area contributed by atoms with Crippen LogP contribution in [0.25, 0.3) is 0 Å². The van der Waals surface area contributed by atoms with Crippen molar-refractivity contribution in [1.82, 2.24) is 4.31 Å². The summed E-state index contributed by atoms with van der Waals surface area (Å²) in [6, 6.07) is 2.02. The fourth-order valence-corrected chi connectivity index (χ4v) is 4.98. The van der Waals surface area contributed by atoms with E-state index in [1.165, 1.54) is 4.31 Å². The van der Waals surface area contributed by atoms with Crippen molar-refractivity contribution in [2.75, 3.05) is 13.1 Å². The number of nitrogens with zero attached hydrogens (tertiary/aromatic N) is 1. The first kappa shape index (κ1) is 16.5. The minimum Gasteiger partial charge on any atom is -0.391 e. The van der Waals surface area contributed by atoms with Crippen molar-refractivity contribution < 1.29 is 13.5 Å². The number of β-amino-alcohol motifs (C(OH)–C–C–N with tert-alkyl or cyclic N) is 1. The van der Waals surface area contributed by atoms with E-state index >= 15 is 0 Å². The summed E-state index contributed by atoms with van der Waals surface area (Å²) in [6.45, 7) is 10.2. The predicted molar refractivity (Wildman–Crippen MR) is 83.9 cm³/mol. The summed E-state index contributed by atoms with van der Waals surface area (Å²) in [4.78, 5) is 0.418. The number of rotatable bonds is 2. The molecule has 1 fully saturated rings. The highest BCUT2D eigenvalue weighted by Crippen LogP contribution is 2.31. The number of aliphatic hydroxyl groups is 1. The first-order chi connectivity index (χ1) is 9.66. The summed E-state index contributed by atoms with van der Waals surface area (Å²) in [7, 11) is -3.55. The quantitative estimate of drug-likeness (QED) is 0.912. The minimum atomic E-state index is -3.55. The topological polar surface area (TPSA) is 57.6 Å². The molecular formula is C16H25NO3S. The maximum Gasteiger partial charge on any atom is 0.243 e. The number of piperidine rings is 1. The van der Waals surface area contributed by atoms with Gasteiger partial charge in [0, 0.05) is 13.1 Å². The molecule has 0 radical (unpaired) electrons. The van der Waals surface area contributed by atoms with Crippen LogP contribution in [0.5, 0.6) is 0 Å². The fourth-order valence-electron chi connectivity index (χ4n) is 2.93. The Morgan fingerprint density at radius 2 is 1.67 bits per heavy atom. The van der Waals surface area contributed by atoms with Gasteiger partial charge in [0.05, 0.1) is 11.0 Å². The Bertz CT molecular complexity index is 626. The lowest BCUT2D eigenvalue weighted by Crippen LogP contribution is -2.46. The van der Waals surface area contributed by atoms with Crippen molar-refractivity contribution in [3.63, 3.8) is 0 Å². The van der Waals surface area contributed by atoms with Crippen molar-refractivity contribution in [3.05, 3.63) is 28.3 Å². The van der Waals surface area contributed by atoms with Crippen LogP contribution in [0.4, 0.5) is 0 Å². The molecule has 2 unspecified atom stereocenters. The molecule has 1 aromatic carbocycles. The molecule has 1 saturated heterocycles. The van der Waals surface area contributed by atoms with Gasteiger partial charge in [-0.15, -0.1) is 0 Å². The zero-order chi connectivity index (χ0) is 15.9. The molecule has 0 aliphatic carbocycles. The van der Waals surface area contributed by atoms with Crippen LogP contribution in [0.2, 0.25) is 0 Å². The molecule has 1 heterocycles. The monoisotopic (exact) mass is 311 g/mol. The highest BCUT2D eigenvalue weighted by atomic mass is 32.2. The minimum absolute atomic E-state index is 0.151. The van der Waals surface area contributed by atoms with Gasteiger partial charge in [-0.1, -0.05) is 13.0 Å². The van der Waals surface area contributed by atoms with E-state index in [0.717, 1.165) is 22.3 Å². The van der Waals surface area contributed by atoms with Crippen molar-refractivity contribution in [1.29, 1.82) is 0 Å². The third-order valence-corrected chi connectivity index (χ3v) is 6.92. The first-order valence-electron chi connectivity index (χ1n) is 7.42. The van der Waals surface area contributed by atoms with Crippen LogP contribution in [0, 0.1) is 33.6 Å². The average molecular weight is 311 g/mol. The summed E-state index contributed by atoms with van der Waals surface area (Å²) >= 11 is 0. The van der Waals surface area contributed by atoms with Gasteiger partial charge in [0.2, 0.25) is 10.0 Å². The lowest BCUT2D eigenvalue weighted by atomic mass is 9.98. The average Bonchev–Trinajstić information content (AvgIpc) is 2.39. The second-order valence-electron chi connectivity index (χ2n) is 6.29. The summed E-state index contributed by atoms with van der Waals surface area (Å²) in [5, 5.41) is 10.0. The molecule has 118 valence electrons. The van der Waals surface area contributed by atoms with Crippen molar-refractivity contribution in [2.45, 2.75) is 52.0 Å². The molecule has 1 N–H and O–H groups in total. The van der Waals surface area contributed by atoms with Crippen LogP contribution in [0.3, 0.4) is 0 Å². The Labute approximate surface area is 127 Å². The van der Waals surface area contributed by atoms with Gasteiger partial charge in [0.1, 0.15) is 0 Å². The van der Waals surface area contributed by atoms with Crippen LogP contribution >= 0.6 is 0 Å². The van der Waals surface area contributed by atoms with E-state index in [0.29, 0.717) is 17.9 Å². The molecule has 2 atom stereocenters. The summed E-state index contributed by atoms with van der Waals surface area (Å²) in [5.41, 5.74) is 3.60. The molecule has 1 aliphatic heterocycles. The van der Waals surface area contributed by atoms with Gasteiger partial charge in [0.25, 0.3) is 0 Å². The Kier molecular flexibility index (Phi) is 4.47. The number of hydrogen-bond acceptors (Lipinski definition) is 3. The van der Waals surface area contributed by atoms with Gasteiger partial charge in [-0.2, -0.15) is 4.31 Å². The van der Waals surface area contributed by atoms with Gasteiger partial charge in [-0.05, 0) is 62.3 Å². The molecule has 0 bridgehead atoms. The largest absolute Gasteiger partial charge is 0.391 e. The van der Waals surface area contributed by atoms with Crippen LogP contribution in [-0.2, 0) is 10.0 Å². The highest BCUT2D eigenvalue weighted by molar-refractivity contribution is 7.89. The Morgan fingerprint density at radius 3 is 2.14 bits per heavy atom. The molecule has 1 aliphatic rings. The number of benzene rings is 1. The Morgan fingerprint density at radius 1 is 1.14 bits per heavy atom. The third kappa shape index (κ3) is 2.87. The number of hydrogen-bond donors (Lipinski definition) is 1. The van der Waals surface area contributed by atoms with E-state index in [1.54, 1.807) is 0 Å². The van der Waals surface area contributed by atoms with Crippen molar-refractivity contribution in [3.8, 4) is 0 Å². The molecule has 0 aromatic heterocycles. The van der Waals surface area contributed by atoms with Crippen LogP contribution in [-0.4, -0.2) is 37.0 Å². The molecule has 1 aromatic rings. The lowest BCUT2D eigenvalue weighted by Gasteiger charge is -2.34. The van der Waals surface area contributed by atoms with E-state index in [9.17, 15) is 13.5 Å². The zero-order valence-electron chi connectivity index (χ0n) is 13.5. The third-order valence-electron chi connectivity index (χ3n) is 4.78. The van der Waals surface area contributed by atoms with Gasteiger partial charge in [-0.25, -0.2) is 8.42 Å². The van der Waals surface area contributed by atoms with Gasteiger partial charge in [0.15, 0.2) is 0 Å². The Hall–Kier alpha value is -0.910. The number of sulfonamides is 1. The van der Waals surface area contributed by atoms with Crippen molar-refractivity contribution >= 4 is 10.0 Å². The molecule has 0 spiro atoms. The SMILES string of the molecule is Cc1cc(C)c(C)c(S(=O)(=O)N2CCC(C)C(O)C2)c1C. The smallest absolute Gasteiger partial charge is 0.243 e. The lowest BCUT2D eigenvalue weighted by molar-refractivity contribution is 0.0605. The summed E-state index contributed by atoms with van der Waals surface area (Å²) in [5.74, 6) is 0.151. The van der Waals surface area contributed by atoms with E-state index < -0.39 is 16.1 Å². The molecule has 5 heteroatoms. The molecule has 0 amide bonds. The molecule has 0 saturated carbocycles. The predicted octanol–water partition coefficient (Wildman–Crippen LogP) is 2.31. The second kappa shape index (κ2) is 5.71. The maximum absolute atomic E-state index is 13.0. The Balaban J connectivity index is 2.51. The molecule has 4 nitrogen and oxygen atoms in total. The first-order valence-corrected chi connectivity index (χ1v) is 8.86. The van der Waals surface area contributed by atoms with Crippen LogP contribution in [0.1, 0.15) is 35.6 Å². The van der Waals surface area contributed by atoms with Gasteiger partial charge >= 0.3 is 0 Å². The number of aliphatic hydroxyl groups excluding tert-OH is 1. The van der Waals surface area contributed by atoms with Gasteiger partial charge in [-0.3, -0.25) is 0 Å². The molecular weight excluding hydrogens is 286 g/mol. The van der Waals surface area contributed by atoms with E-state index in [1.807, 2.05) is 40.7 Å². The van der Waals surface area contributed by atoms with Crippen LogP contribution < -0.4 is 0 Å². The highest BCUT2D eigenvalue weighted by Gasteiger charge is 2.34. The van der Waals surface area contributed by atoms with E-state index in [2.05, 4.69) is 0 Å². The van der Waals surface area contributed by atoms with E-state index in [4.69, 9.17) is 0 Å². The molecule has 2 rings (SSSR count). The number of aryl methyl sites for hydroxylation is 2. The summed E-state index contributed by atoms with van der Waals surface area (Å²) in [6.07, 6.45) is 0.114. The fraction of sp³-hybridized carbons (Fsp3) is 0.625. The van der Waals surface area contributed by atoms with Gasteiger partial charge < -0.3 is 5.11 Å². The summed E-state index contributed by atoms with van der Waals surface area (Å²) < 4.78 is 27.4. The normalized spacial score (nSPS) is 24.3. The second-order valence-corrected chi connectivity index (χ2v) is 8.16.